The molecular weight excluding hydrogens is 596 g/mol. The zero-order valence-corrected chi connectivity index (χ0v) is 21.7. The Balaban J connectivity index is 1.64. The van der Waals surface area contributed by atoms with Crippen molar-refractivity contribution in [3.8, 4) is 28.2 Å². The predicted octanol–water partition coefficient (Wildman–Crippen LogP) is 4.59. The number of aryl methyl sites for hydroxylation is 1. The number of pyridine rings is 1. The molecule has 0 bridgehead atoms. The van der Waals surface area contributed by atoms with Crippen molar-refractivity contribution in [1.29, 1.82) is 0 Å². The molecule has 0 radical (unpaired) electrons. The van der Waals surface area contributed by atoms with Crippen molar-refractivity contribution in [2.75, 3.05) is 6.56 Å². The largest absolute Gasteiger partial charge is 0.618 e. The van der Waals surface area contributed by atoms with E-state index in [1.807, 2.05) is 0 Å². The Kier molecular flexibility index (Phi) is 6.85. The van der Waals surface area contributed by atoms with E-state index in [1.54, 1.807) is 7.05 Å². The summed E-state index contributed by atoms with van der Waals surface area (Å²) in [5.74, 6) is -0.864. The van der Waals surface area contributed by atoms with Gasteiger partial charge in [-0.05, 0) is 18.2 Å². The van der Waals surface area contributed by atoms with Gasteiger partial charge >= 0.3 is 12.8 Å². The third-order valence-corrected chi connectivity index (χ3v) is 6.14. The predicted molar refractivity (Wildman–Crippen MR) is 133 cm³/mol. The highest BCUT2D eigenvalue weighted by atomic mass is 35.5. The Labute approximate surface area is 241 Å². The van der Waals surface area contributed by atoms with E-state index in [4.69, 9.17) is 14.3 Å². The molecule has 0 aliphatic carbocycles. The molecule has 0 aliphatic rings. The molecule has 5 aromatic rings. The Morgan fingerprint density at radius 3 is 2.60 bits per heavy atom. The van der Waals surface area contributed by atoms with Gasteiger partial charge in [0, 0.05) is 25.7 Å². The summed E-state index contributed by atoms with van der Waals surface area (Å²) in [7, 11) is 1.56. The minimum atomic E-state index is -4.86. The van der Waals surface area contributed by atoms with Crippen molar-refractivity contribution < 1.29 is 39.9 Å². The lowest BCUT2D eigenvalue weighted by atomic mass is 10.0. The maximum atomic E-state index is 15.4. The number of benzene rings is 1. The number of halogens is 7. The number of nitrogens with zero attached hydrogens (tertiary/aromatic N) is 9. The lowest BCUT2D eigenvalue weighted by Crippen LogP contribution is -2.36. The van der Waals surface area contributed by atoms with E-state index < -0.39 is 59.6 Å². The van der Waals surface area contributed by atoms with Crippen LogP contribution in [0.25, 0.3) is 28.2 Å². The van der Waals surface area contributed by atoms with Crippen molar-refractivity contribution >= 4 is 11.6 Å². The van der Waals surface area contributed by atoms with Crippen molar-refractivity contribution in [2.24, 2.45) is 7.05 Å². The van der Waals surface area contributed by atoms with Gasteiger partial charge in [0.05, 0.1) is 50.5 Å². The summed E-state index contributed by atoms with van der Waals surface area (Å²) in [6.45, 7) is -6.75. The Morgan fingerprint density at radius 2 is 1.95 bits per heavy atom. The fraction of sp³-hybridized carbons (Fsp3) is 0.250. The van der Waals surface area contributed by atoms with Crippen LogP contribution in [0.5, 0.6) is 0 Å². The zero-order valence-electron chi connectivity index (χ0n) is 24.0. The van der Waals surface area contributed by atoms with E-state index in [9.17, 15) is 28.5 Å². The number of hydrogen-bond donors (Lipinski definition) is 0. The summed E-state index contributed by atoms with van der Waals surface area (Å²) < 4.78 is 113. The molecule has 0 aliphatic heterocycles. The summed E-state index contributed by atoms with van der Waals surface area (Å²) >= 11 is 5.94. The van der Waals surface area contributed by atoms with E-state index in [1.165, 1.54) is 23.4 Å². The zero-order chi connectivity index (χ0) is 32.9. The first-order valence-electron chi connectivity index (χ1n) is 13.1. The average Bonchev–Trinajstić information content (AvgIpc) is 3.69. The summed E-state index contributed by atoms with van der Waals surface area (Å²) in [6.07, 6.45) is -1.15. The van der Waals surface area contributed by atoms with E-state index in [0.717, 1.165) is 35.1 Å². The smallest absolute Gasteiger partial charge is 0.436 e. The van der Waals surface area contributed by atoms with Gasteiger partial charge in [-0.2, -0.15) is 36.9 Å². The molecule has 18 heteroatoms. The molecule has 0 N–H and O–H groups in total. The monoisotopic (exact) mass is 616 g/mol. The summed E-state index contributed by atoms with van der Waals surface area (Å²) in [5.41, 5.74) is -2.68. The second kappa shape index (κ2) is 11.4. The fourth-order valence-corrected chi connectivity index (χ4v) is 4.13. The maximum Gasteiger partial charge on any atom is 0.436 e. The highest BCUT2D eigenvalue weighted by Gasteiger charge is 2.35. The summed E-state index contributed by atoms with van der Waals surface area (Å²) in [5, 5.41) is 27.5. The van der Waals surface area contributed by atoms with Gasteiger partial charge in [-0.15, -0.1) is 5.10 Å². The van der Waals surface area contributed by atoms with Gasteiger partial charge in [0.25, 0.3) is 0 Å². The molecule has 0 saturated carbocycles. The molecule has 1 atom stereocenters. The standard InChI is InChI=1S/C24H18ClF6N9O2/c1-37-22(32-12-34-37)14-8-33-38(9-14)16(6-7-42-23(27)28)17-4-2-13(10-40(17)41)20-18(5-3-15(25)21(20)26)39-11-19(35-36-39)24(29,30)31/h2-5,8-12,16,23H,6-7H2,1H3/t16-/m0/s1/i7D2,16D. The van der Waals surface area contributed by atoms with E-state index >= 15 is 4.39 Å². The first kappa shape index (κ1) is 25.2. The molecule has 42 heavy (non-hydrogen) atoms. The number of aromatic nitrogens is 9. The van der Waals surface area contributed by atoms with E-state index in [-0.39, 0.29) is 27.4 Å². The van der Waals surface area contributed by atoms with Gasteiger partial charge in [0.2, 0.25) is 5.69 Å². The first-order chi connectivity index (χ1) is 21.0. The third kappa shape index (κ3) is 5.78. The molecule has 0 amide bonds. The number of hydrogen-bond acceptors (Lipinski definition) is 7. The van der Waals surface area contributed by atoms with Gasteiger partial charge in [-0.3, -0.25) is 4.68 Å². The summed E-state index contributed by atoms with van der Waals surface area (Å²) in [6, 6.07) is 1.70. The highest BCUT2D eigenvalue weighted by molar-refractivity contribution is 6.31. The van der Waals surface area contributed by atoms with Crippen LogP contribution >= 0.6 is 11.6 Å². The van der Waals surface area contributed by atoms with Crippen LogP contribution in [0.15, 0.2) is 55.4 Å². The van der Waals surface area contributed by atoms with Crippen molar-refractivity contribution in [3.05, 3.63) is 82.8 Å². The lowest BCUT2D eigenvalue weighted by Gasteiger charge is -2.18. The minimum Gasteiger partial charge on any atom is -0.618 e. The van der Waals surface area contributed by atoms with Crippen molar-refractivity contribution in [2.45, 2.75) is 25.2 Å². The van der Waals surface area contributed by atoms with Crippen LogP contribution in [0.2, 0.25) is 5.02 Å². The van der Waals surface area contributed by atoms with Gasteiger partial charge < -0.3 is 9.94 Å². The Hall–Kier alpha value is -4.51. The Morgan fingerprint density at radius 1 is 1.17 bits per heavy atom. The molecule has 0 saturated heterocycles. The van der Waals surface area contributed by atoms with E-state index in [0.29, 0.717) is 10.9 Å². The van der Waals surface area contributed by atoms with Crippen LogP contribution in [0.1, 0.15) is 27.9 Å². The third-order valence-electron chi connectivity index (χ3n) is 5.84. The van der Waals surface area contributed by atoms with Crippen LogP contribution in [-0.2, 0) is 18.0 Å². The van der Waals surface area contributed by atoms with Crippen LogP contribution in [-0.4, -0.2) is 52.7 Å². The van der Waals surface area contributed by atoms with Crippen molar-refractivity contribution in [3.63, 3.8) is 0 Å². The quantitative estimate of drug-likeness (QED) is 0.135. The fourth-order valence-electron chi connectivity index (χ4n) is 3.98. The molecule has 220 valence electrons. The highest BCUT2D eigenvalue weighted by Crippen LogP contribution is 2.35. The SMILES string of the molecule is [2H]C([2H])(C[C@@]([2H])(c1ccc(-c2c(-n3cc(C(F)(F)F)nn3)ccc(Cl)c2F)c[n+]1[O-])n1cc(-c2ncnn2C)cn1)OC(F)F. The van der Waals surface area contributed by atoms with Gasteiger partial charge in [-0.25, -0.2) is 18.7 Å². The number of rotatable bonds is 9. The lowest BCUT2D eigenvalue weighted by molar-refractivity contribution is -0.615. The first-order valence-corrected chi connectivity index (χ1v) is 12.0. The molecule has 0 spiro atoms. The Bertz CT molecular complexity index is 1870. The average molecular weight is 617 g/mol. The molecule has 1 aromatic carbocycles. The topological polar surface area (TPSA) is 115 Å². The van der Waals surface area contributed by atoms with Gasteiger partial charge in [0.1, 0.15) is 12.3 Å². The molecule has 4 aromatic heterocycles. The van der Waals surface area contributed by atoms with Gasteiger partial charge in [-0.1, -0.05) is 16.8 Å². The van der Waals surface area contributed by atoms with Crippen molar-refractivity contribution in [1.82, 2.24) is 39.5 Å². The van der Waals surface area contributed by atoms with Crippen LogP contribution in [0, 0.1) is 11.0 Å². The normalized spacial score (nSPS) is 14.9. The number of alkyl halides is 5. The molecule has 5 rings (SSSR count). The second-order valence-corrected chi connectivity index (χ2v) is 8.86. The van der Waals surface area contributed by atoms with Crippen LogP contribution < -0.4 is 4.73 Å². The number of ether oxygens (including phenoxy) is 1. The summed E-state index contributed by atoms with van der Waals surface area (Å²) in [4.78, 5) is 4.05. The molecule has 4 heterocycles. The van der Waals surface area contributed by atoms with Crippen LogP contribution in [0.4, 0.5) is 26.3 Å². The molecule has 11 nitrogen and oxygen atoms in total. The molecule has 0 unspecified atom stereocenters. The minimum absolute atomic E-state index is 0.0388. The molecular formula is C24H18ClF6N9O2. The molecule has 0 fully saturated rings. The van der Waals surface area contributed by atoms with Gasteiger partial charge in [0.15, 0.2) is 23.5 Å². The second-order valence-electron chi connectivity index (χ2n) is 8.46. The van der Waals surface area contributed by atoms with E-state index in [2.05, 4.69) is 30.2 Å². The maximum absolute atomic E-state index is 15.4. The van der Waals surface area contributed by atoms with Crippen LogP contribution in [0.3, 0.4) is 0 Å².